The molecule has 0 radical (unpaired) electrons. The largest absolute Gasteiger partial charge is 0.207 e. The summed E-state index contributed by atoms with van der Waals surface area (Å²) in [4.78, 5) is 0. The molecule has 0 N–H and O–H groups in total. The summed E-state index contributed by atoms with van der Waals surface area (Å²) in [6.45, 7) is 6.01. The van der Waals surface area contributed by atoms with Crippen LogP contribution in [0.1, 0.15) is 28.7 Å². The van der Waals surface area contributed by atoms with E-state index in [1.807, 2.05) is 36.4 Å². The highest BCUT2D eigenvalue weighted by Gasteiger charge is 2.09. The van der Waals surface area contributed by atoms with Gasteiger partial charge in [0.05, 0.1) is 0 Å². The van der Waals surface area contributed by atoms with Crippen LogP contribution in [-0.2, 0) is 0 Å². The van der Waals surface area contributed by atoms with E-state index in [0.717, 1.165) is 28.7 Å². The van der Waals surface area contributed by atoms with Gasteiger partial charge >= 0.3 is 0 Å². The summed E-state index contributed by atoms with van der Waals surface area (Å²) >= 11 is 0. The van der Waals surface area contributed by atoms with Crippen molar-refractivity contribution in [2.75, 3.05) is 0 Å². The van der Waals surface area contributed by atoms with E-state index in [2.05, 4.69) is 62.1 Å². The lowest BCUT2D eigenvalue weighted by atomic mass is 9.91. The van der Waals surface area contributed by atoms with Crippen molar-refractivity contribution in [2.24, 2.45) is 0 Å². The monoisotopic (exact) mass is 354 g/mol. The minimum atomic E-state index is -0.231. The Balaban J connectivity index is 2.16. The summed E-state index contributed by atoms with van der Waals surface area (Å²) in [7, 11) is 0. The van der Waals surface area contributed by atoms with Gasteiger partial charge in [0.15, 0.2) is 0 Å². The second-order valence-electron chi connectivity index (χ2n) is 6.50. The fourth-order valence-corrected chi connectivity index (χ4v) is 3.03. The molecule has 0 saturated heterocycles. The van der Waals surface area contributed by atoms with Gasteiger partial charge in [0.25, 0.3) is 0 Å². The highest BCUT2D eigenvalue weighted by Crippen LogP contribution is 2.31. The van der Waals surface area contributed by atoms with Crippen molar-refractivity contribution >= 4 is 17.2 Å². The Labute approximate surface area is 161 Å². The topological polar surface area (TPSA) is 0 Å². The van der Waals surface area contributed by atoms with Crippen LogP contribution in [0.25, 0.3) is 17.2 Å². The van der Waals surface area contributed by atoms with Crippen molar-refractivity contribution in [3.63, 3.8) is 0 Å². The molecule has 3 rings (SSSR count). The predicted octanol–water partition coefficient (Wildman–Crippen LogP) is 7.33. The molecule has 0 spiro atoms. The Morgan fingerprint density at radius 2 is 1.48 bits per heavy atom. The standard InChI is InChI=1S/C26H23F/c1-3-7-25(22-13-10-20(2)11-14-22)26(23-15-17-24(27)18-16-23)19-12-21-8-5-4-6-9-21/h3-6,8-19H,1,7H2,2H3/b19-12+,26-25-. The van der Waals surface area contributed by atoms with Crippen LogP contribution >= 0.6 is 0 Å². The number of benzene rings is 3. The summed E-state index contributed by atoms with van der Waals surface area (Å²) in [5.41, 5.74) is 6.73. The van der Waals surface area contributed by atoms with Crippen LogP contribution in [0.15, 0.2) is 97.6 Å². The minimum Gasteiger partial charge on any atom is -0.207 e. The molecule has 3 aromatic rings. The maximum Gasteiger partial charge on any atom is 0.123 e. The first-order chi connectivity index (χ1) is 13.2. The van der Waals surface area contributed by atoms with Crippen molar-refractivity contribution < 1.29 is 4.39 Å². The second kappa shape index (κ2) is 8.95. The van der Waals surface area contributed by atoms with Gasteiger partial charge in [0, 0.05) is 0 Å². The van der Waals surface area contributed by atoms with Crippen LogP contribution in [0.2, 0.25) is 0 Å². The average molecular weight is 354 g/mol. The third-order valence-corrected chi connectivity index (χ3v) is 4.47. The van der Waals surface area contributed by atoms with Gasteiger partial charge < -0.3 is 0 Å². The van der Waals surface area contributed by atoms with Crippen LogP contribution < -0.4 is 0 Å². The molecular weight excluding hydrogens is 331 g/mol. The van der Waals surface area contributed by atoms with Crippen molar-refractivity contribution in [1.29, 1.82) is 0 Å². The number of rotatable bonds is 6. The molecule has 0 fully saturated rings. The molecule has 134 valence electrons. The lowest BCUT2D eigenvalue weighted by Gasteiger charge is -2.13. The second-order valence-corrected chi connectivity index (χ2v) is 6.50. The van der Waals surface area contributed by atoms with Gasteiger partial charge in [-0.3, -0.25) is 0 Å². The molecule has 27 heavy (non-hydrogen) atoms. The van der Waals surface area contributed by atoms with Gasteiger partial charge in [-0.1, -0.05) is 90.5 Å². The molecule has 0 heterocycles. The normalized spacial score (nSPS) is 12.1. The van der Waals surface area contributed by atoms with Gasteiger partial charge in [0.2, 0.25) is 0 Å². The van der Waals surface area contributed by atoms with Crippen LogP contribution in [0.5, 0.6) is 0 Å². The first-order valence-corrected chi connectivity index (χ1v) is 9.07. The van der Waals surface area contributed by atoms with E-state index in [9.17, 15) is 4.39 Å². The van der Waals surface area contributed by atoms with Crippen molar-refractivity contribution in [3.8, 4) is 0 Å². The molecule has 0 aliphatic carbocycles. The zero-order valence-corrected chi connectivity index (χ0v) is 15.5. The fraction of sp³-hybridized carbons (Fsp3) is 0.0769. The van der Waals surface area contributed by atoms with E-state index in [0.29, 0.717) is 0 Å². The van der Waals surface area contributed by atoms with Gasteiger partial charge in [-0.2, -0.15) is 0 Å². The lowest BCUT2D eigenvalue weighted by Crippen LogP contribution is -1.92. The Bertz CT molecular complexity index is 943. The molecule has 3 aromatic carbocycles. The molecule has 0 amide bonds. The van der Waals surface area contributed by atoms with Crippen LogP contribution in [-0.4, -0.2) is 0 Å². The quantitative estimate of drug-likeness (QED) is 0.247. The van der Waals surface area contributed by atoms with Gasteiger partial charge in [0.1, 0.15) is 5.82 Å². The summed E-state index contributed by atoms with van der Waals surface area (Å²) in [5.74, 6) is -0.231. The maximum absolute atomic E-state index is 13.5. The van der Waals surface area contributed by atoms with E-state index in [-0.39, 0.29) is 5.82 Å². The van der Waals surface area contributed by atoms with Gasteiger partial charge in [-0.25, -0.2) is 4.39 Å². The molecule has 0 aliphatic rings. The molecule has 0 nitrogen and oxygen atoms in total. The SMILES string of the molecule is C=CC/C(=C(\C=C\c1ccccc1)c1ccc(F)cc1)c1ccc(C)cc1. The van der Waals surface area contributed by atoms with Crippen molar-refractivity contribution in [1.82, 2.24) is 0 Å². The molecule has 0 unspecified atom stereocenters. The van der Waals surface area contributed by atoms with Gasteiger partial charge in [-0.05, 0) is 53.3 Å². The zero-order chi connectivity index (χ0) is 19.1. The van der Waals surface area contributed by atoms with E-state index in [1.165, 1.54) is 23.3 Å². The van der Waals surface area contributed by atoms with E-state index < -0.39 is 0 Å². The average Bonchev–Trinajstić information content (AvgIpc) is 2.70. The van der Waals surface area contributed by atoms with Crippen LogP contribution in [0.3, 0.4) is 0 Å². The van der Waals surface area contributed by atoms with Crippen molar-refractivity contribution in [3.05, 3.63) is 126 Å². The Morgan fingerprint density at radius 1 is 0.852 bits per heavy atom. The maximum atomic E-state index is 13.5. The Hall–Kier alpha value is -3.19. The minimum absolute atomic E-state index is 0.231. The molecule has 1 heteroatoms. The first-order valence-electron chi connectivity index (χ1n) is 9.07. The van der Waals surface area contributed by atoms with Crippen molar-refractivity contribution in [2.45, 2.75) is 13.3 Å². The molecule has 0 atom stereocenters. The van der Waals surface area contributed by atoms with E-state index in [1.54, 1.807) is 0 Å². The number of aryl methyl sites for hydroxylation is 1. The third-order valence-electron chi connectivity index (χ3n) is 4.47. The van der Waals surface area contributed by atoms with Crippen LogP contribution in [0.4, 0.5) is 4.39 Å². The van der Waals surface area contributed by atoms with Crippen LogP contribution in [0, 0.1) is 12.7 Å². The molecule has 0 saturated carbocycles. The molecule has 0 bridgehead atoms. The van der Waals surface area contributed by atoms with E-state index >= 15 is 0 Å². The molecule has 0 aromatic heterocycles. The predicted molar refractivity (Wildman–Crippen MR) is 115 cm³/mol. The summed E-state index contributed by atoms with van der Waals surface area (Å²) in [6.07, 6.45) is 6.85. The highest BCUT2D eigenvalue weighted by molar-refractivity contribution is 5.97. The molecule has 0 aliphatic heterocycles. The first kappa shape index (κ1) is 18.6. The summed E-state index contributed by atoms with van der Waals surface area (Å²) in [6, 6.07) is 25.3. The molecular formula is C26H23F. The Kier molecular flexibility index (Phi) is 6.17. The number of hydrogen-bond acceptors (Lipinski definition) is 0. The number of allylic oxidation sites excluding steroid dienone is 4. The highest BCUT2D eigenvalue weighted by atomic mass is 19.1. The number of hydrogen-bond donors (Lipinski definition) is 0. The smallest absolute Gasteiger partial charge is 0.123 e. The van der Waals surface area contributed by atoms with E-state index in [4.69, 9.17) is 0 Å². The van der Waals surface area contributed by atoms with Gasteiger partial charge in [-0.15, -0.1) is 6.58 Å². The zero-order valence-electron chi connectivity index (χ0n) is 15.5. The lowest BCUT2D eigenvalue weighted by molar-refractivity contribution is 0.627. The fourth-order valence-electron chi connectivity index (χ4n) is 3.03. The summed E-state index contributed by atoms with van der Waals surface area (Å²) < 4.78 is 13.5. The number of halogens is 1. The summed E-state index contributed by atoms with van der Waals surface area (Å²) in [5, 5.41) is 0. The Morgan fingerprint density at radius 3 is 2.11 bits per heavy atom. The third kappa shape index (κ3) is 4.92.